The highest BCUT2D eigenvalue weighted by molar-refractivity contribution is 6.18. The predicted molar refractivity (Wildman–Crippen MR) is 155 cm³/mol. The van der Waals surface area contributed by atoms with Gasteiger partial charge in [0.25, 0.3) is 0 Å². The summed E-state index contributed by atoms with van der Waals surface area (Å²) < 4.78 is 12.5. The molecule has 37 heavy (non-hydrogen) atoms. The SMILES string of the molecule is COc1c(-c2ccccc2)cc2ccccc2c1-c1c(OC)c(-c2ccccc2)c(N)c2ccccc12. The number of hydrogen-bond donors (Lipinski definition) is 1. The fourth-order valence-corrected chi connectivity index (χ4v) is 5.40. The third kappa shape index (κ3) is 3.68. The maximum absolute atomic E-state index is 6.87. The van der Waals surface area contributed by atoms with Gasteiger partial charge in [-0.1, -0.05) is 109 Å². The molecule has 6 aromatic carbocycles. The molecule has 0 radical (unpaired) electrons. The molecule has 2 N–H and O–H groups in total. The molecule has 0 spiro atoms. The van der Waals surface area contributed by atoms with Gasteiger partial charge in [-0.2, -0.15) is 0 Å². The van der Waals surface area contributed by atoms with E-state index in [4.69, 9.17) is 15.2 Å². The average molecular weight is 482 g/mol. The maximum atomic E-state index is 6.87. The second-order valence-corrected chi connectivity index (χ2v) is 9.03. The van der Waals surface area contributed by atoms with E-state index in [0.717, 1.165) is 66.4 Å². The first kappa shape index (κ1) is 22.7. The summed E-state index contributed by atoms with van der Waals surface area (Å²) in [7, 11) is 3.46. The summed E-state index contributed by atoms with van der Waals surface area (Å²) in [6.07, 6.45) is 0. The highest BCUT2D eigenvalue weighted by atomic mass is 16.5. The molecule has 3 nitrogen and oxygen atoms in total. The van der Waals surface area contributed by atoms with Crippen LogP contribution in [0.5, 0.6) is 11.5 Å². The van der Waals surface area contributed by atoms with E-state index in [1.807, 2.05) is 36.4 Å². The number of nitrogens with two attached hydrogens (primary N) is 1. The van der Waals surface area contributed by atoms with Crippen molar-refractivity contribution in [2.75, 3.05) is 20.0 Å². The van der Waals surface area contributed by atoms with Crippen LogP contribution in [0.1, 0.15) is 0 Å². The van der Waals surface area contributed by atoms with Crippen LogP contribution in [0.3, 0.4) is 0 Å². The van der Waals surface area contributed by atoms with Gasteiger partial charge >= 0.3 is 0 Å². The van der Waals surface area contributed by atoms with Crippen molar-refractivity contribution in [2.45, 2.75) is 0 Å². The molecule has 3 heteroatoms. The van der Waals surface area contributed by atoms with Gasteiger partial charge in [0.2, 0.25) is 0 Å². The molecule has 0 aliphatic carbocycles. The normalized spacial score (nSPS) is 11.1. The number of benzene rings is 6. The van der Waals surface area contributed by atoms with Crippen molar-refractivity contribution >= 4 is 27.2 Å². The summed E-state index contributed by atoms with van der Waals surface area (Å²) in [5.74, 6) is 1.54. The zero-order chi connectivity index (χ0) is 25.4. The van der Waals surface area contributed by atoms with Gasteiger partial charge in [0.15, 0.2) is 0 Å². The molecule has 0 saturated heterocycles. The molecule has 0 aromatic heterocycles. The number of rotatable bonds is 5. The van der Waals surface area contributed by atoms with E-state index in [9.17, 15) is 0 Å². The quantitative estimate of drug-likeness (QED) is 0.251. The highest BCUT2D eigenvalue weighted by Crippen LogP contribution is 2.54. The molecule has 0 aliphatic heterocycles. The number of anilines is 1. The second-order valence-electron chi connectivity index (χ2n) is 9.03. The van der Waals surface area contributed by atoms with E-state index >= 15 is 0 Å². The van der Waals surface area contributed by atoms with E-state index in [0.29, 0.717) is 5.69 Å². The van der Waals surface area contributed by atoms with Gasteiger partial charge in [-0.05, 0) is 33.4 Å². The van der Waals surface area contributed by atoms with Crippen molar-refractivity contribution in [1.82, 2.24) is 0 Å². The molecule has 0 amide bonds. The fourth-order valence-electron chi connectivity index (χ4n) is 5.40. The fraction of sp³-hybridized carbons (Fsp3) is 0.0588. The number of fused-ring (bicyclic) bond motifs is 2. The molecule has 6 rings (SSSR count). The van der Waals surface area contributed by atoms with Crippen molar-refractivity contribution < 1.29 is 9.47 Å². The van der Waals surface area contributed by atoms with Crippen LogP contribution in [0.15, 0.2) is 115 Å². The van der Waals surface area contributed by atoms with Crippen LogP contribution in [-0.4, -0.2) is 14.2 Å². The average Bonchev–Trinajstić information content (AvgIpc) is 2.97. The Hall–Kier alpha value is -4.76. The monoisotopic (exact) mass is 481 g/mol. The molecular weight excluding hydrogens is 454 g/mol. The van der Waals surface area contributed by atoms with Crippen LogP contribution >= 0.6 is 0 Å². The molecule has 0 heterocycles. The molecule has 0 fully saturated rings. The van der Waals surface area contributed by atoms with Crippen molar-refractivity contribution in [3.05, 3.63) is 115 Å². The Kier molecular flexibility index (Phi) is 5.74. The van der Waals surface area contributed by atoms with Crippen LogP contribution in [0, 0.1) is 0 Å². The topological polar surface area (TPSA) is 44.5 Å². The minimum absolute atomic E-state index is 0.699. The number of ether oxygens (including phenoxy) is 2. The van der Waals surface area contributed by atoms with Gasteiger partial charge in [0.1, 0.15) is 11.5 Å². The Balaban J connectivity index is 1.85. The number of nitrogen functional groups attached to an aromatic ring is 1. The van der Waals surface area contributed by atoms with Crippen LogP contribution in [0.4, 0.5) is 5.69 Å². The lowest BCUT2D eigenvalue weighted by atomic mass is 9.85. The van der Waals surface area contributed by atoms with Crippen LogP contribution in [0.2, 0.25) is 0 Å². The largest absolute Gasteiger partial charge is 0.495 e. The molecular formula is C34H27NO2. The third-order valence-electron chi connectivity index (χ3n) is 7.02. The summed E-state index contributed by atoms with van der Waals surface area (Å²) in [5.41, 5.74) is 13.5. The van der Waals surface area contributed by atoms with E-state index in [1.165, 1.54) is 0 Å². The van der Waals surface area contributed by atoms with E-state index in [1.54, 1.807) is 14.2 Å². The van der Waals surface area contributed by atoms with Gasteiger partial charge in [-0.3, -0.25) is 0 Å². The zero-order valence-corrected chi connectivity index (χ0v) is 20.9. The molecule has 0 atom stereocenters. The minimum atomic E-state index is 0.699. The maximum Gasteiger partial charge on any atom is 0.137 e. The summed E-state index contributed by atoms with van der Waals surface area (Å²) in [6, 6.07) is 39.5. The van der Waals surface area contributed by atoms with Crippen molar-refractivity contribution in [3.63, 3.8) is 0 Å². The Labute approximate surface area is 216 Å². The lowest BCUT2D eigenvalue weighted by molar-refractivity contribution is 0.413. The Bertz CT molecular complexity index is 1740. The van der Waals surface area contributed by atoms with Crippen molar-refractivity contribution in [1.29, 1.82) is 0 Å². The molecule has 0 aliphatic rings. The van der Waals surface area contributed by atoms with Crippen molar-refractivity contribution in [3.8, 4) is 44.9 Å². The lowest BCUT2D eigenvalue weighted by Crippen LogP contribution is -2.02. The van der Waals surface area contributed by atoms with Gasteiger partial charge in [-0.25, -0.2) is 0 Å². The number of hydrogen-bond acceptors (Lipinski definition) is 3. The van der Waals surface area contributed by atoms with E-state index in [-0.39, 0.29) is 0 Å². The second kappa shape index (κ2) is 9.36. The summed E-state index contributed by atoms with van der Waals surface area (Å²) in [6.45, 7) is 0. The first-order valence-electron chi connectivity index (χ1n) is 12.3. The summed E-state index contributed by atoms with van der Waals surface area (Å²) in [4.78, 5) is 0. The van der Waals surface area contributed by atoms with Gasteiger partial charge in [0.05, 0.1) is 19.9 Å². The van der Waals surface area contributed by atoms with Gasteiger partial charge < -0.3 is 15.2 Å². The van der Waals surface area contributed by atoms with Gasteiger partial charge in [0, 0.05) is 27.6 Å². The Morgan fingerprint density at radius 2 is 1.00 bits per heavy atom. The summed E-state index contributed by atoms with van der Waals surface area (Å²) >= 11 is 0. The predicted octanol–water partition coefficient (Wildman–Crippen LogP) is 8.59. The molecule has 6 aromatic rings. The molecule has 0 saturated carbocycles. The van der Waals surface area contributed by atoms with E-state index < -0.39 is 0 Å². The first-order chi connectivity index (χ1) is 18.2. The molecule has 0 unspecified atom stereocenters. The smallest absolute Gasteiger partial charge is 0.137 e. The van der Waals surface area contributed by atoms with Crippen LogP contribution in [0.25, 0.3) is 54.9 Å². The zero-order valence-electron chi connectivity index (χ0n) is 20.9. The molecule has 180 valence electrons. The van der Waals surface area contributed by atoms with Gasteiger partial charge in [-0.15, -0.1) is 0 Å². The van der Waals surface area contributed by atoms with Crippen molar-refractivity contribution in [2.24, 2.45) is 0 Å². The third-order valence-corrected chi connectivity index (χ3v) is 7.02. The first-order valence-corrected chi connectivity index (χ1v) is 12.3. The minimum Gasteiger partial charge on any atom is -0.495 e. The Morgan fingerprint density at radius 3 is 1.65 bits per heavy atom. The highest BCUT2D eigenvalue weighted by Gasteiger charge is 2.26. The summed E-state index contributed by atoms with van der Waals surface area (Å²) in [5, 5.41) is 4.21. The number of methoxy groups -OCH3 is 2. The molecule has 0 bridgehead atoms. The van der Waals surface area contributed by atoms with Crippen LogP contribution < -0.4 is 15.2 Å². The standard InChI is InChI=1S/C34H27NO2/c1-36-33-28(22-13-5-3-6-14-22)21-24-17-9-10-18-25(24)30(33)31-26-19-11-12-20-27(26)32(35)29(34(31)37-2)23-15-7-4-8-16-23/h3-21H,35H2,1-2H3. The lowest BCUT2D eigenvalue weighted by Gasteiger charge is -2.24. The Morgan fingerprint density at radius 1 is 0.486 bits per heavy atom. The van der Waals surface area contributed by atoms with Crippen LogP contribution in [-0.2, 0) is 0 Å². The van der Waals surface area contributed by atoms with E-state index in [2.05, 4.69) is 78.9 Å².